The molecular weight excluding hydrogens is 358 g/mol. The van der Waals surface area contributed by atoms with E-state index in [9.17, 15) is 14.4 Å². The van der Waals surface area contributed by atoms with E-state index >= 15 is 0 Å². The van der Waals surface area contributed by atoms with E-state index in [-0.39, 0.29) is 17.7 Å². The molecule has 0 saturated carbocycles. The summed E-state index contributed by atoms with van der Waals surface area (Å²) >= 11 is 5.79. The smallest absolute Gasteiger partial charge is 0.321 e. The second-order valence-electron chi connectivity index (χ2n) is 6.21. The molecule has 1 aromatic heterocycles. The van der Waals surface area contributed by atoms with Crippen molar-refractivity contribution in [1.29, 1.82) is 0 Å². The van der Waals surface area contributed by atoms with Gasteiger partial charge in [0.05, 0.1) is 17.0 Å². The van der Waals surface area contributed by atoms with E-state index in [1.807, 2.05) is 4.90 Å². The predicted molar refractivity (Wildman–Crippen MR) is 98.9 cm³/mol. The van der Waals surface area contributed by atoms with Crippen molar-refractivity contribution in [2.45, 2.75) is 32.7 Å². The number of pyridine rings is 1. The molecule has 26 heavy (non-hydrogen) atoms. The number of halogens is 1. The molecule has 1 aliphatic heterocycles. The van der Waals surface area contributed by atoms with Crippen molar-refractivity contribution in [3.63, 3.8) is 0 Å². The lowest BCUT2D eigenvalue weighted by molar-refractivity contribution is -0.128. The first-order valence-electron chi connectivity index (χ1n) is 8.66. The Hall–Kier alpha value is -2.19. The van der Waals surface area contributed by atoms with Gasteiger partial charge in [-0.2, -0.15) is 0 Å². The van der Waals surface area contributed by atoms with E-state index in [1.165, 1.54) is 6.20 Å². The Kier molecular flexibility index (Phi) is 7.35. The zero-order chi connectivity index (χ0) is 19.1. The van der Waals surface area contributed by atoms with E-state index in [2.05, 4.69) is 20.9 Å². The Morgan fingerprint density at radius 3 is 2.81 bits per heavy atom. The molecule has 1 fully saturated rings. The minimum absolute atomic E-state index is 0.138. The SMILES string of the molecule is CCNC(=O)NC(=O)C(C)N1CCCC(C(=O)Nc2ccc(Cl)cn2)C1. The molecule has 0 spiro atoms. The maximum absolute atomic E-state index is 12.5. The van der Waals surface area contributed by atoms with Gasteiger partial charge in [-0.05, 0) is 45.4 Å². The first-order valence-corrected chi connectivity index (χ1v) is 9.03. The van der Waals surface area contributed by atoms with Crippen molar-refractivity contribution in [1.82, 2.24) is 20.5 Å². The number of piperidine rings is 1. The highest BCUT2D eigenvalue weighted by atomic mass is 35.5. The van der Waals surface area contributed by atoms with Crippen LogP contribution in [0.3, 0.4) is 0 Å². The van der Waals surface area contributed by atoms with Crippen molar-refractivity contribution in [2.24, 2.45) is 5.92 Å². The zero-order valence-electron chi connectivity index (χ0n) is 14.9. The van der Waals surface area contributed by atoms with Crippen LogP contribution in [0.4, 0.5) is 10.6 Å². The summed E-state index contributed by atoms with van der Waals surface area (Å²) in [5.41, 5.74) is 0. The van der Waals surface area contributed by atoms with Crippen LogP contribution in [0.15, 0.2) is 18.3 Å². The summed E-state index contributed by atoms with van der Waals surface area (Å²) in [5, 5.41) is 8.11. The zero-order valence-corrected chi connectivity index (χ0v) is 15.7. The van der Waals surface area contributed by atoms with Gasteiger partial charge in [0.25, 0.3) is 0 Å². The fraction of sp³-hybridized carbons (Fsp3) is 0.529. The Morgan fingerprint density at radius 1 is 1.38 bits per heavy atom. The molecular formula is C17H24ClN5O3. The lowest BCUT2D eigenvalue weighted by Gasteiger charge is -2.35. The molecule has 1 saturated heterocycles. The quantitative estimate of drug-likeness (QED) is 0.719. The number of nitrogens with one attached hydrogen (secondary N) is 3. The molecule has 2 heterocycles. The summed E-state index contributed by atoms with van der Waals surface area (Å²) in [6.07, 6.45) is 3.00. The van der Waals surface area contributed by atoms with Gasteiger partial charge in [-0.3, -0.25) is 19.8 Å². The highest BCUT2D eigenvalue weighted by Crippen LogP contribution is 2.20. The van der Waals surface area contributed by atoms with Gasteiger partial charge in [-0.1, -0.05) is 11.6 Å². The van der Waals surface area contributed by atoms with Crippen LogP contribution >= 0.6 is 11.6 Å². The molecule has 2 rings (SSSR count). The standard InChI is InChI=1S/C17H24ClN5O3/c1-3-19-17(26)22-15(24)11(2)23-8-4-5-12(10-23)16(25)21-14-7-6-13(18)9-20-14/h6-7,9,11-12H,3-5,8,10H2,1-2H3,(H,20,21,25)(H2,19,22,24,26). The molecule has 0 aliphatic carbocycles. The maximum atomic E-state index is 12.5. The van der Waals surface area contributed by atoms with Crippen molar-refractivity contribution in [3.8, 4) is 0 Å². The van der Waals surface area contributed by atoms with Crippen molar-refractivity contribution in [2.75, 3.05) is 25.0 Å². The maximum Gasteiger partial charge on any atom is 0.321 e. The highest BCUT2D eigenvalue weighted by Gasteiger charge is 2.31. The largest absolute Gasteiger partial charge is 0.338 e. The molecule has 2 unspecified atom stereocenters. The summed E-state index contributed by atoms with van der Waals surface area (Å²) < 4.78 is 0. The number of hydrogen-bond acceptors (Lipinski definition) is 5. The number of urea groups is 1. The van der Waals surface area contributed by atoms with Crippen LogP contribution in [0.5, 0.6) is 0 Å². The fourth-order valence-corrected chi connectivity index (χ4v) is 2.95. The number of anilines is 1. The van der Waals surface area contributed by atoms with E-state index in [4.69, 9.17) is 11.6 Å². The van der Waals surface area contributed by atoms with E-state index < -0.39 is 12.1 Å². The molecule has 142 valence electrons. The average Bonchev–Trinajstić information content (AvgIpc) is 2.63. The number of hydrogen-bond donors (Lipinski definition) is 3. The lowest BCUT2D eigenvalue weighted by atomic mass is 9.96. The number of carbonyl (C=O) groups excluding carboxylic acids is 3. The molecule has 1 aromatic rings. The molecule has 1 aliphatic rings. The first-order chi connectivity index (χ1) is 12.4. The third-order valence-electron chi connectivity index (χ3n) is 4.30. The Labute approximate surface area is 157 Å². The number of nitrogens with zero attached hydrogens (tertiary/aromatic N) is 2. The van der Waals surface area contributed by atoms with Gasteiger partial charge in [-0.15, -0.1) is 0 Å². The van der Waals surface area contributed by atoms with Crippen LogP contribution in [0, 0.1) is 5.92 Å². The molecule has 0 bridgehead atoms. The molecule has 0 radical (unpaired) electrons. The van der Waals surface area contributed by atoms with E-state index in [1.54, 1.807) is 26.0 Å². The van der Waals surface area contributed by atoms with Gasteiger partial charge in [0.2, 0.25) is 11.8 Å². The van der Waals surface area contributed by atoms with Gasteiger partial charge in [0, 0.05) is 19.3 Å². The second kappa shape index (κ2) is 9.49. The number of aromatic nitrogens is 1. The van der Waals surface area contributed by atoms with Crippen molar-refractivity contribution < 1.29 is 14.4 Å². The van der Waals surface area contributed by atoms with Gasteiger partial charge in [0.1, 0.15) is 5.82 Å². The minimum Gasteiger partial charge on any atom is -0.338 e. The van der Waals surface area contributed by atoms with Crippen LogP contribution in [-0.4, -0.2) is 53.4 Å². The fourth-order valence-electron chi connectivity index (χ4n) is 2.84. The second-order valence-corrected chi connectivity index (χ2v) is 6.65. The predicted octanol–water partition coefficient (Wildman–Crippen LogP) is 1.62. The summed E-state index contributed by atoms with van der Waals surface area (Å²) in [6.45, 7) is 5.10. The highest BCUT2D eigenvalue weighted by molar-refractivity contribution is 6.30. The van der Waals surface area contributed by atoms with Gasteiger partial charge < -0.3 is 10.6 Å². The topological polar surface area (TPSA) is 103 Å². The number of imide groups is 1. The number of carbonyl (C=O) groups is 3. The van der Waals surface area contributed by atoms with Crippen molar-refractivity contribution >= 4 is 35.3 Å². The number of rotatable bonds is 5. The van der Waals surface area contributed by atoms with Gasteiger partial charge in [-0.25, -0.2) is 9.78 Å². The normalized spacial score (nSPS) is 18.7. The lowest BCUT2D eigenvalue weighted by Crippen LogP contribution is -2.53. The van der Waals surface area contributed by atoms with Gasteiger partial charge in [0.15, 0.2) is 0 Å². The molecule has 3 N–H and O–H groups in total. The third-order valence-corrected chi connectivity index (χ3v) is 4.53. The minimum atomic E-state index is -0.510. The van der Waals surface area contributed by atoms with Crippen LogP contribution in [0.25, 0.3) is 0 Å². The third kappa shape index (κ3) is 5.67. The molecule has 9 heteroatoms. The van der Waals surface area contributed by atoms with E-state index in [0.29, 0.717) is 30.5 Å². The average molecular weight is 382 g/mol. The Balaban J connectivity index is 1.90. The first kappa shape index (κ1) is 20.1. The summed E-state index contributed by atoms with van der Waals surface area (Å²) in [7, 11) is 0. The molecule has 0 aromatic carbocycles. The summed E-state index contributed by atoms with van der Waals surface area (Å²) in [4.78, 5) is 42.1. The van der Waals surface area contributed by atoms with Crippen LogP contribution in [-0.2, 0) is 9.59 Å². The Morgan fingerprint density at radius 2 is 2.15 bits per heavy atom. The molecule has 8 nitrogen and oxygen atoms in total. The van der Waals surface area contributed by atoms with Crippen LogP contribution in [0.2, 0.25) is 5.02 Å². The number of amides is 4. The number of likely N-dealkylation sites (tertiary alicyclic amines) is 1. The van der Waals surface area contributed by atoms with Crippen molar-refractivity contribution in [3.05, 3.63) is 23.4 Å². The monoisotopic (exact) mass is 381 g/mol. The van der Waals surface area contributed by atoms with Gasteiger partial charge >= 0.3 is 6.03 Å². The van der Waals surface area contributed by atoms with E-state index in [0.717, 1.165) is 12.8 Å². The Bertz CT molecular complexity index is 652. The summed E-state index contributed by atoms with van der Waals surface area (Å²) in [6, 6.07) is 2.29. The molecule has 2 atom stereocenters. The van der Waals surface area contributed by atoms with Crippen LogP contribution in [0.1, 0.15) is 26.7 Å². The summed E-state index contributed by atoms with van der Waals surface area (Å²) in [5.74, 6) is -0.322. The van der Waals surface area contributed by atoms with Crippen LogP contribution < -0.4 is 16.0 Å². The molecule has 4 amide bonds.